The van der Waals surface area contributed by atoms with Crippen LogP contribution in [-0.4, -0.2) is 16.4 Å². The Kier molecular flexibility index (Phi) is 1.83. The van der Waals surface area contributed by atoms with Crippen molar-refractivity contribution in [1.29, 1.82) is 0 Å². The summed E-state index contributed by atoms with van der Waals surface area (Å²) in [5.41, 5.74) is 4.78. The highest BCUT2D eigenvalue weighted by Crippen LogP contribution is 2.30. The number of aromatic nitrogens is 1. The largest absolute Gasteiger partial charge is 0.367 e. The monoisotopic (exact) mass is 174 g/mol. The summed E-state index contributed by atoms with van der Waals surface area (Å²) in [6, 6.07) is 2.15. The second-order valence-corrected chi connectivity index (χ2v) is 3.44. The molecule has 0 radical (unpaired) electrons. The van der Waals surface area contributed by atoms with Crippen LogP contribution in [0.1, 0.15) is 23.7 Å². The third kappa shape index (κ3) is 1.22. The van der Waals surface area contributed by atoms with E-state index in [4.69, 9.17) is 0 Å². The maximum atomic E-state index is 4.28. The van der Waals surface area contributed by atoms with Crippen LogP contribution in [0.5, 0.6) is 0 Å². The van der Waals surface area contributed by atoms with Crippen LogP contribution >= 0.6 is 0 Å². The molecule has 0 bridgehead atoms. The SMILES string of the molecule is C=C1c2cnc(C)cc2CN1CC. The van der Waals surface area contributed by atoms with Gasteiger partial charge < -0.3 is 4.90 Å². The van der Waals surface area contributed by atoms with Gasteiger partial charge in [-0.15, -0.1) is 0 Å². The fourth-order valence-corrected chi connectivity index (χ4v) is 1.78. The molecule has 0 saturated carbocycles. The van der Waals surface area contributed by atoms with Crippen molar-refractivity contribution in [3.05, 3.63) is 35.7 Å². The van der Waals surface area contributed by atoms with Gasteiger partial charge >= 0.3 is 0 Å². The minimum atomic E-state index is 0.994. The fraction of sp³-hybridized carbons (Fsp3) is 0.364. The first kappa shape index (κ1) is 8.30. The smallest absolute Gasteiger partial charge is 0.0437 e. The summed E-state index contributed by atoms with van der Waals surface area (Å²) in [4.78, 5) is 6.55. The number of hydrogen-bond acceptors (Lipinski definition) is 2. The summed E-state index contributed by atoms with van der Waals surface area (Å²) >= 11 is 0. The molecule has 0 N–H and O–H groups in total. The minimum absolute atomic E-state index is 0.994. The van der Waals surface area contributed by atoms with Crippen LogP contribution in [0.15, 0.2) is 18.8 Å². The van der Waals surface area contributed by atoms with E-state index in [-0.39, 0.29) is 0 Å². The zero-order valence-corrected chi connectivity index (χ0v) is 8.17. The van der Waals surface area contributed by atoms with Crippen molar-refractivity contribution in [3.63, 3.8) is 0 Å². The first-order valence-corrected chi connectivity index (χ1v) is 4.62. The number of pyridine rings is 1. The molecule has 0 amide bonds. The molecular weight excluding hydrogens is 160 g/mol. The van der Waals surface area contributed by atoms with Crippen LogP contribution in [0.2, 0.25) is 0 Å². The van der Waals surface area contributed by atoms with E-state index >= 15 is 0 Å². The molecule has 0 fully saturated rings. The Morgan fingerprint density at radius 3 is 3.08 bits per heavy atom. The van der Waals surface area contributed by atoms with E-state index in [1.165, 1.54) is 11.1 Å². The molecule has 0 aliphatic carbocycles. The highest BCUT2D eigenvalue weighted by molar-refractivity contribution is 5.68. The van der Waals surface area contributed by atoms with Crippen molar-refractivity contribution in [3.8, 4) is 0 Å². The lowest BCUT2D eigenvalue weighted by molar-refractivity contribution is 0.434. The number of aryl methyl sites for hydroxylation is 1. The van der Waals surface area contributed by atoms with Crippen LogP contribution in [0.4, 0.5) is 0 Å². The molecule has 2 heterocycles. The van der Waals surface area contributed by atoms with Crippen molar-refractivity contribution in [2.75, 3.05) is 6.54 Å². The van der Waals surface area contributed by atoms with E-state index in [0.717, 1.165) is 24.5 Å². The van der Waals surface area contributed by atoms with E-state index < -0.39 is 0 Å². The molecule has 2 rings (SSSR count). The molecule has 0 aromatic carbocycles. The first-order valence-electron chi connectivity index (χ1n) is 4.62. The van der Waals surface area contributed by atoms with Gasteiger partial charge in [-0.2, -0.15) is 0 Å². The number of rotatable bonds is 1. The van der Waals surface area contributed by atoms with Crippen LogP contribution < -0.4 is 0 Å². The third-order valence-corrected chi connectivity index (χ3v) is 2.56. The third-order valence-electron chi connectivity index (χ3n) is 2.56. The maximum absolute atomic E-state index is 4.28. The fourth-order valence-electron chi connectivity index (χ4n) is 1.78. The van der Waals surface area contributed by atoms with Crippen molar-refractivity contribution in [2.24, 2.45) is 0 Å². The van der Waals surface area contributed by atoms with E-state index in [1.807, 2.05) is 13.1 Å². The van der Waals surface area contributed by atoms with Gasteiger partial charge in [-0.25, -0.2) is 0 Å². The molecule has 0 spiro atoms. The van der Waals surface area contributed by atoms with Crippen molar-refractivity contribution in [2.45, 2.75) is 20.4 Å². The van der Waals surface area contributed by atoms with Gasteiger partial charge in [-0.05, 0) is 25.5 Å². The molecule has 13 heavy (non-hydrogen) atoms. The van der Waals surface area contributed by atoms with Crippen LogP contribution in [0.3, 0.4) is 0 Å². The average Bonchev–Trinajstić information content (AvgIpc) is 2.42. The normalized spacial score (nSPS) is 14.9. The molecule has 1 aromatic heterocycles. The van der Waals surface area contributed by atoms with E-state index in [1.54, 1.807) is 0 Å². The quantitative estimate of drug-likeness (QED) is 0.648. The van der Waals surface area contributed by atoms with E-state index in [9.17, 15) is 0 Å². The lowest BCUT2D eigenvalue weighted by Gasteiger charge is -2.15. The Hall–Kier alpha value is -1.31. The predicted octanol–water partition coefficient (Wildman–Crippen LogP) is 2.20. The molecule has 68 valence electrons. The Morgan fingerprint density at radius 1 is 1.62 bits per heavy atom. The summed E-state index contributed by atoms with van der Waals surface area (Å²) in [7, 11) is 0. The van der Waals surface area contributed by atoms with Gasteiger partial charge in [0.2, 0.25) is 0 Å². The Labute approximate surface area is 78.9 Å². The van der Waals surface area contributed by atoms with Crippen molar-refractivity contribution < 1.29 is 0 Å². The molecule has 2 heteroatoms. The zero-order valence-electron chi connectivity index (χ0n) is 8.17. The van der Waals surface area contributed by atoms with Gasteiger partial charge in [0.05, 0.1) is 0 Å². The average molecular weight is 174 g/mol. The molecular formula is C11H14N2. The summed E-state index contributed by atoms with van der Waals surface area (Å²) in [6.07, 6.45) is 1.93. The topological polar surface area (TPSA) is 16.1 Å². The lowest BCUT2D eigenvalue weighted by atomic mass is 10.1. The Balaban J connectivity index is 2.44. The molecule has 1 aromatic rings. The summed E-state index contributed by atoms with van der Waals surface area (Å²) in [6.45, 7) is 10.3. The number of nitrogens with zero attached hydrogens (tertiary/aromatic N) is 2. The molecule has 0 saturated heterocycles. The van der Waals surface area contributed by atoms with Gasteiger partial charge in [0.25, 0.3) is 0 Å². The van der Waals surface area contributed by atoms with Gasteiger partial charge in [-0.1, -0.05) is 6.58 Å². The predicted molar refractivity (Wildman–Crippen MR) is 54.1 cm³/mol. The first-order chi connectivity index (χ1) is 6.22. The van der Waals surface area contributed by atoms with Crippen molar-refractivity contribution in [1.82, 2.24) is 9.88 Å². The second kappa shape index (κ2) is 2.87. The highest BCUT2D eigenvalue weighted by Gasteiger charge is 2.20. The molecule has 1 aliphatic rings. The molecule has 1 aliphatic heterocycles. The molecule has 0 unspecified atom stereocenters. The summed E-state index contributed by atoms with van der Waals surface area (Å²) in [5.74, 6) is 0. The minimum Gasteiger partial charge on any atom is -0.367 e. The van der Waals surface area contributed by atoms with Crippen LogP contribution in [-0.2, 0) is 6.54 Å². The van der Waals surface area contributed by atoms with Gasteiger partial charge in [0, 0.05) is 36.2 Å². The molecule has 2 nitrogen and oxygen atoms in total. The van der Waals surface area contributed by atoms with Gasteiger partial charge in [-0.3, -0.25) is 4.98 Å². The number of hydrogen-bond donors (Lipinski definition) is 0. The second-order valence-electron chi connectivity index (χ2n) is 3.44. The van der Waals surface area contributed by atoms with Gasteiger partial charge in [0.15, 0.2) is 0 Å². The molecule has 0 atom stereocenters. The lowest BCUT2D eigenvalue weighted by Crippen LogP contribution is -2.13. The number of fused-ring (bicyclic) bond motifs is 1. The Morgan fingerprint density at radius 2 is 2.38 bits per heavy atom. The highest BCUT2D eigenvalue weighted by atomic mass is 15.1. The van der Waals surface area contributed by atoms with Crippen LogP contribution in [0, 0.1) is 6.92 Å². The van der Waals surface area contributed by atoms with Gasteiger partial charge in [0.1, 0.15) is 0 Å². The summed E-state index contributed by atoms with van der Waals surface area (Å²) < 4.78 is 0. The summed E-state index contributed by atoms with van der Waals surface area (Å²) in [5, 5.41) is 0. The Bertz CT molecular complexity index is 355. The van der Waals surface area contributed by atoms with Crippen LogP contribution in [0.25, 0.3) is 5.70 Å². The van der Waals surface area contributed by atoms with Crippen molar-refractivity contribution >= 4 is 5.70 Å². The maximum Gasteiger partial charge on any atom is 0.0437 e. The van der Waals surface area contributed by atoms with E-state index in [0.29, 0.717) is 0 Å². The van der Waals surface area contributed by atoms with E-state index in [2.05, 4.69) is 29.5 Å². The standard InChI is InChI=1S/C11H14N2/c1-4-13-7-10-5-8(2)12-6-11(10)9(13)3/h5-6H,3-4,7H2,1-2H3. The zero-order chi connectivity index (χ0) is 9.42.